The van der Waals surface area contributed by atoms with E-state index in [1.54, 1.807) is 7.11 Å². The zero-order valence-electron chi connectivity index (χ0n) is 13.9. The molecule has 0 fully saturated rings. The molecule has 3 rings (SSSR count). The van der Waals surface area contributed by atoms with Gasteiger partial charge in [-0.2, -0.15) is 5.26 Å². The molecule has 3 aromatic rings. The molecule has 5 heteroatoms. The first-order valence-corrected chi connectivity index (χ1v) is 7.97. The summed E-state index contributed by atoms with van der Waals surface area (Å²) in [4.78, 5) is 4.71. The van der Waals surface area contributed by atoms with Gasteiger partial charge in [-0.15, -0.1) is 0 Å². The Morgan fingerprint density at radius 2 is 1.96 bits per heavy atom. The van der Waals surface area contributed by atoms with Gasteiger partial charge in [0.25, 0.3) is 0 Å². The van der Waals surface area contributed by atoms with Crippen molar-refractivity contribution in [1.82, 2.24) is 10.3 Å². The summed E-state index contributed by atoms with van der Waals surface area (Å²) in [5.74, 6) is 0.801. The van der Waals surface area contributed by atoms with E-state index in [4.69, 9.17) is 15.0 Å². The lowest BCUT2D eigenvalue weighted by Gasteiger charge is -2.14. The average Bonchev–Trinajstić information content (AvgIpc) is 2.63. The van der Waals surface area contributed by atoms with E-state index in [0.29, 0.717) is 5.56 Å². The molecule has 0 radical (unpaired) electrons. The predicted molar refractivity (Wildman–Crippen MR) is 97.5 cm³/mol. The van der Waals surface area contributed by atoms with E-state index >= 15 is 0 Å². The van der Waals surface area contributed by atoms with Gasteiger partial charge in [0.05, 0.1) is 35.5 Å². The molecule has 2 N–H and O–H groups in total. The van der Waals surface area contributed by atoms with E-state index in [-0.39, 0.29) is 0 Å². The number of fused-ring (bicyclic) bond motifs is 2. The van der Waals surface area contributed by atoms with E-state index in [2.05, 4.69) is 16.7 Å². The summed E-state index contributed by atoms with van der Waals surface area (Å²) in [6.45, 7) is 1.81. The van der Waals surface area contributed by atoms with Crippen LogP contribution in [0.15, 0.2) is 36.4 Å². The molecule has 0 amide bonds. The predicted octanol–water partition coefficient (Wildman–Crippen LogP) is 3.29. The van der Waals surface area contributed by atoms with Gasteiger partial charge in [0.1, 0.15) is 5.75 Å². The third-order valence-corrected chi connectivity index (χ3v) is 4.02. The lowest BCUT2D eigenvalue weighted by molar-refractivity contribution is 0.415. The molecule has 0 bridgehead atoms. The fourth-order valence-corrected chi connectivity index (χ4v) is 2.79. The van der Waals surface area contributed by atoms with Crippen LogP contribution in [0.5, 0.6) is 5.75 Å². The van der Waals surface area contributed by atoms with E-state index in [0.717, 1.165) is 52.8 Å². The van der Waals surface area contributed by atoms with E-state index < -0.39 is 0 Å². The molecule has 122 valence electrons. The molecule has 0 saturated carbocycles. The highest BCUT2D eigenvalue weighted by Crippen LogP contribution is 2.33. The normalized spacial score (nSPS) is 10.7. The highest BCUT2D eigenvalue weighted by atomic mass is 16.5. The number of hydrogen-bond acceptors (Lipinski definition) is 5. The standard InChI is InChI=1S/C19H20N4O/c1-21-8-3-9-22-19-15-6-4-13(12-20)10-18(15)23-17-7-5-14(24-2)11-16(17)19/h4-7,10-11,21H,3,8-9H2,1-2H3,(H,22,23). The molecule has 0 unspecified atom stereocenters. The summed E-state index contributed by atoms with van der Waals surface area (Å²) in [7, 11) is 3.61. The van der Waals surface area contributed by atoms with Gasteiger partial charge in [-0.25, -0.2) is 4.98 Å². The first kappa shape index (κ1) is 16.0. The number of nitrogens with one attached hydrogen (secondary N) is 2. The molecule has 0 aliphatic rings. The maximum atomic E-state index is 9.13. The Hall–Kier alpha value is -2.84. The fraction of sp³-hybridized carbons (Fsp3) is 0.263. The Kier molecular flexibility index (Phi) is 4.78. The Morgan fingerprint density at radius 1 is 1.08 bits per heavy atom. The van der Waals surface area contributed by atoms with Crippen LogP contribution >= 0.6 is 0 Å². The zero-order chi connectivity index (χ0) is 16.9. The van der Waals surface area contributed by atoms with Crippen molar-refractivity contribution in [3.05, 3.63) is 42.0 Å². The van der Waals surface area contributed by atoms with Crippen molar-refractivity contribution in [2.45, 2.75) is 6.42 Å². The first-order chi connectivity index (χ1) is 11.8. The van der Waals surface area contributed by atoms with Gasteiger partial charge in [0.15, 0.2) is 0 Å². The van der Waals surface area contributed by atoms with E-state index in [1.807, 2.05) is 43.4 Å². The largest absolute Gasteiger partial charge is 0.497 e. The van der Waals surface area contributed by atoms with Gasteiger partial charge < -0.3 is 15.4 Å². The lowest BCUT2D eigenvalue weighted by Crippen LogP contribution is -2.13. The van der Waals surface area contributed by atoms with Gasteiger partial charge in [0, 0.05) is 17.3 Å². The lowest BCUT2D eigenvalue weighted by atomic mass is 10.1. The third-order valence-electron chi connectivity index (χ3n) is 4.02. The third kappa shape index (κ3) is 3.10. The molecule has 0 aliphatic carbocycles. The van der Waals surface area contributed by atoms with Crippen molar-refractivity contribution in [2.75, 3.05) is 32.6 Å². The molecular weight excluding hydrogens is 300 g/mol. The number of pyridine rings is 1. The summed E-state index contributed by atoms with van der Waals surface area (Å²) in [5, 5.41) is 17.9. The number of rotatable bonds is 6. The fourth-order valence-electron chi connectivity index (χ4n) is 2.79. The topological polar surface area (TPSA) is 70.0 Å². The van der Waals surface area contributed by atoms with Gasteiger partial charge in [-0.05, 0) is 56.4 Å². The number of ether oxygens (including phenoxy) is 1. The Balaban J connectivity index is 2.16. The van der Waals surface area contributed by atoms with Crippen LogP contribution in [0.4, 0.5) is 5.69 Å². The van der Waals surface area contributed by atoms with Crippen molar-refractivity contribution < 1.29 is 4.74 Å². The molecule has 2 aromatic carbocycles. The maximum absolute atomic E-state index is 9.13. The minimum atomic E-state index is 0.615. The van der Waals surface area contributed by atoms with Crippen molar-refractivity contribution in [1.29, 1.82) is 5.26 Å². The molecule has 24 heavy (non-hydrogen) atoms. The second kappa shape index (κ2) is 7.16. The van der Waals surface area contributed by atoms with E-state index in [9.17, 15) is 0 Å². The van der Waals surface area contributed by atoms with Gasteiger partial charge >= 0.3 is 0 Å². The molecule has 1 heterocycles. The minimum absolute atomic E-state index is 0.615. The van der Waals surface area contributed by atoms with Crippen LogP contribution in [0.1, 0.15) is 12.0 Å². The summed E-state index contributed by atoms with van der Waals surface area (Å²) >= 11 is 0. The Morgan fingerprint density at radius 3 is 2.71 bits per heavy atom. The summed E-state index contributed by atoms with van der Waals surface area (Å²) in [6.07, 6.45) is 1.02. The second-order valence-electron chi connectivity index (χ2n) is 5.60. The van der Waals surface area contributed by atoms with Gasteiger partial charge in [-0.1, -0.05) is 0 Å². The maximum Gasteiger partial charge on any atom is 0.119 e. The molecule has 1 aromatic heterocycles. The molecule has 0 atom stereocenters. The van der Waals surface area contributed by atoms with Gasteiger partial charge in [0.2, 0.25) is 0 Å². The summed E-state index contributed by atoms with van der Waals surface area (Å²) in [5.41, 5.74) is 3.36. The van der Waals surface area contributed by atoms with Crippen LogP contribution in [0.25, 0.3) is 21.8 Å². The number of methoxy groups -OCH3 is 1. The minimum Gasteiger partial charge on any atom is -0.497 e. The monoisotopic (exact) mass is 320 g/mol. The first-order valence-electron chi connectivity index (χ1n) is 7.97. The summed E-state index contributed by atoms with van der Waals surface area (Å²) < 4.78 is 5.36. The van der Waals surface area contributed by atoms with Gasteiger partial charge in [-0.3, -0.25) is 0 Å². The highest BCUT2D eigenvalue weighted by Gasteiger charge is 2.10. The van der Waals surface area contributed by atoms with Crippen LogP contribution in [0.3, 0.4) is 0 Å². The number of aromatic nitrogens is 1. The average molecular weight is 320 g/mol. The van der Waals surface area contributed by atoms with Crippen LogP contribution < -0.4 is 15.4 Å². The van der Waals surface area contributed by atoms with Crippen LogP contribution in [0, 0.1) is 11.3 Å². The van der Waals surface area contributed by atoms with Crippen molar-refractivity contribution in [3.8, 4) is 11.8 Å². The highest BCUT2D eigenvalue weighted by molar-refractivity contribution is 6.08. The number of hydrogen-bond donors (Lipinski definition) is 2. The Labute approximate surface area is 141 Å². The van der Waals surface area contributed by atoms with Crippen LogP contribution in [0.2, 0.25) is 0 Å². The summed E-state index contributed by atoms with van der Waals surface area (Å²) in [6, 6.07) is 13.6. The molecule has 0 spiro atoms. The Bertz CT molecular complexity index is 915. The van der Waals surface area contributed by atoms with Crippen LogP contribution in [-0.4, -0.2) is 32.2 Å². The number of benzene rings is 2. The molecule has 0 saturated heterocycles. The quantitative estimate of drug-likeness (QED) is 0.539. The van der Waals surface area contributed by atoms with Crippen LogP contribution in [-0.2, 0) is 0 Å². The van der Waals surface area contributed by atoms with Crippen molar-refractivity contribution in [3.63, 3.8) is 0 Å². The smallest absolute Gasteiger partial charge is 0.119 e. The number of nitriles is 1. The van der Waals surface area contributed by atoms with E-state index in [1.165, 1.54) is 0 Å². The molecule has 5 nitrogen and oxygen atoms in total. The second-order valence-corrected chi connectivity index (χ2v) is 5.60. The number of anilines is 1. The SMILES string of the molecule is CNCCCNc1c2ccc(C#N)cc2nc2ccc(OC)cc12. The van der Waals surface area contributed by atoms with Crippen molar-refractivity contribution >= 4 is 27.5 Å². The zero-order valence-corrected chi connectivity index (χ0v) is 13.9. The number of nitrogens with zero attached hydrogens (tertiary/aromatic N) is 2. The molecule has 0 aliphatic heterocycles. The molecular formula is C19H20N4O. The van der Waals surface area contributed by atoms with Crippen molar-refractivity contribution in [2.24, 2.45) is 0 Å².